The molecule has 0 fully saturated rings. The Balaban J connectivity index is 2.17. The third-order valence-electron chi connectivity index (χ3n) is 2.25. The molecule has 0 bridgehead atoms. The van der Waals surface area contributed by atoms with Crippen LogP contribution in [0.5, 0.6) is 5.75 Å². The highest BCUT2D eigenvalue weighted by Crippen LogP contribution is 2.25. The summed E-state index contributed by atoms with van der Waals surface area (Å²) >= 11 is 5.56. The lowest BCUT2D eigenvalue weighted by atomic mass is 10.1. The molecule has 0 saturated heterocycles. The summed E-state index contributed by atoms with van der Waals surface area (Å²) in [6, 6.07) is 5.47. The average molecular weight is 289 g/mol. The molecule has 0 unspecified atom stereocenters. The first-order valence-electron chi connectivity index (χ1n) is 5.21. The van der Waals surface area contributed by atoms with E-state index in [2.05, 4.69) is 14.7 Å². The third-order valence-corrected chi connectivity index (χ3v) is 2.49. The maximum atomic E-state index is 12.0. The van der Waals surface area contributed by atoms with E-state index in [1.165, 1.54) is 24.3 Å². The molecule has 1 aromatic carbocycles. The van der Waals surface area contributed by atoms with Crippen LogP contribution in [0, 0.1) is 0 Å². The van der Waals surface area contributed by atoms with Crippen molar-refractivity contribution in [2.24, 2.45) is 0 Å². The Bertz CT molecular complexity index is 540. The molecule has 1 heterocycles. The first-order chi connectivity index (χ1) is 8.98. The van der Waals surface area contributed by atoms with Gasteiger partial charge in [0.2, 0.25) is 0 Å². The molecule has 0 aliphatic carbocycles. The van der Waals surface area contributed by atoms with Gasteiger partial charge in [0.15, 0.2) is 0 Å². The Morgan fingerprint density at radius 3 is 2.05 bits per heavy atom. The van der Waals surface area contributed by atoms with E-state index in [1.54, 1.807) is 12.4 Å². The Hall–Kier alpha value is -1.82. The second kappa shape index (κ2) is 5.44. The van der Waals surface area contributed by atoms with Gasteiger partial charge in [0.25, 0.3) is 0 Å². The zero-order valence-corrected chi connectivity index (χ0v) is 10.2. The Kier molecular flexibility index (Phi) is 3.90. The molecule has 2 aromatic rings. The molecular formula is C12H8ClF3N2O. The van der Waals surface area contributed by atoms with Crippen molar-refractivity contribution >= 4 is 11.6 Å². The van der Waals surface area contributed by atoms with Gasteiger partial charge in [-0.1, -0.05) is 12.1 Å². The first kappa shape index (κ1) is 13.6. The molecule has 0 radical (unpaired) electrons. The van der Waals surface area contributed by atoms with Crippen LogP contribution in [0.2, 0.25) is 0 Å². The molecule has 0 aliphatic heterocycles. The lowest BCUT2D eigenvalue weighted by molar-refractivity contribution is -0.274. The monoisotopic (exact) mass is 288 g/mol. The maximum absolute atomic E-state index is 12.0. The summed E-state index contributed by atoms with van der Waals surface area (Å²) in [6.45, 7) is 0. The van der Waals surface area contributed by atoms with E-state index < -0.39 is 6.36 Å². The molecule has 0 N–H and O–H groups in total. The normalized spacial score (nSPS) is 11.4. The number of hydrogen-bond donors (Lipinski definition) is 0. The number of rotatable bonds is 3. The molecule has 2 rings (SSSR count). The highest BCUT2D eigenvalue weighted by Gasteiger charge is 2.30. The molecule has 100 valence electrons. The van der Waals surface area contributed by atoms with Crippen LogP contribution in [-0.4, -0.2) is 16.3 Å². The number of hydrogen-bond acceptors (Lipinski definition) is 3. The minimum atomic E-state index is -4.69. The van der Waals surface area contributed by atoms with Gasteiger partial charge in [-0.15, -0.1) is 24.8 Å². The van der Waals surface area contributed by atoms with Crippen LogP contribution < -0.4 is 4.74 Å². The quantitative estimate of drug-likeness (QED) is 0.806. The summed E-state index contributed by atoms with van der Waals surface area (Å²) in [7, 11) is 0. The van der Waals surface area contributed by atoms with Crippen molar-refractivity contribution in [1.82, 2.24) is 9.97 Å². The van der Waals surface area contributed by atoms with E-state index in [9.17, 15) is 13.2 Å². The summed E-state index contributed by atoms with van der Waals surface area (Å²) in [4.78, 5) is 8.00. The van der Waals surface area contributed by atoms with E-state index in [0.717, 1.165) is 0 Å². The van der Waals surface area contributed by atoms with Crippen molar-refractivity contribution in [1.29, 1.82) is 0 Å². The van der Waals surface area contributed by atoms with E-state index in [0.29, 0.717) is 17.0 Å². The van der Waals surface area contributed by atoms with Crippen LogP contribution in [0.25, 0.3) is 11.1 Å². The van der Waals surface area contributed by atoms with Crippen molar-refractivity contribution in [3.63, 3.8) is 0 Å². The Morgan fingerprint density at radius 2 is 1.58 bits per heavy atom. The van der Waals surface area contributed by atoms with E-state index in [-0.39, 0.29) is 11.6 Å². The molecular weight excluding hydrogens is 281 g/mol. The largest absolute Gasteiger partial charge is 0.573 e. The average Bonchev–Trinajstić information content (AvgIpc) is 2.38. The van der Waals surface area contributed by atoms with Gasteiger partial charge in [-0.3, -0.25) is 0 Å². The molecule has 0 aliphatic rings. The summed E-state index contributed by atoms with van der Waals surface area (Å²) in [5.74, 6) is 0.426. The Labute approximate surface area is 112 Å². The van der Waals surface area contributed by atoms with E-state index >= 15 is 0 Å². The summed E-state index contributed by atoms with van der Waals surface area (Å²) < 4.78 is 39.8. The second-order valence-electron chi connectivity index (χ2n) is 3.59. The summed E-state index contributed by atoms with van der Waals surface area (Å²) in [5.41, 5.74) is 1.38. The first-order valence-corrected chi connectivity index (χ1v) is 5.74. The van der Waals surface area contributed by atoms with Crippen molar-refractivity contribution in [2.45, 2.75) is 12.2 Å². The number of aromatic nitrogens is 2. The van der Waals surface area contributed by atoms with Gasteiger partial charge in [0.1, 0.15) is 11.6 Å². The lowest BCUT2D eigenvalue weighted by Gasteiger charge is -2.09. The highest BCUT2D eigenvalue weighted by molar-refractivity contribution is 6.16. The highest BCUT2D eigenvalue weighted by atomic mass is 35.5. The number of benzene rings is 1. The molecule has 1 aromatic heterocycles. The molecule has 0 saturated carbocycles. The lowest BCUT2D eigenvalue weighted by Crippen LogP contribution is -2.16. The number of nitrogens with zero attached hydrogens (tertiary/aromatic N) is 2. The second-order valence-corrected chi connectivity index (χ2v) is 3.86. The molecule has 0 amide bonds. The molecule has 0 atom stereocenters. The van der Waals surface area contributed by atoms with Crippen LogP contribution in [0.1, 0.15) is 5.82 Å². The summed E-state index contributed by atoms with van der Waals surface area (Å²) in [5, 5.41) is 0. The van der Waals surface area contributed by atoms with Crippen LogP contribution in [-0.2, 0) is 5.88 Å². The van der Waals surface area contributed by atoms with Gasteiger partial charge < -0.3 is 4.74 Å². The van der Waals surface area contributed by atoms with Crippen LogP contribution in [0.3, 0.4) is 0 Å². The van der Waals surface area contributed by atoms with Gasteiger partial charge in [-0.05, 0) is 17.7 Å². The predicted octanol–water partition coefficient (Wildman–Crippen LogP) is 3.78. The zero-order chi connectivity index (χ0) is 13.9. The van der Waals surface area contributed by atoms with Gasteiger partial charge >= 0.3 is 6.36 Å². The smallest absolute Gasteiger partial charge is 0.406 e. The molecule has 3 nitrogen and oxygen atoms in total. The molecule has 7 heteroatoms. The number of halogens is 4. The van der Waals surface area contributed by atoms with Crippen molar-refractivity contribution in [3.8, 4) is 16.9 Å². The fraction of sp³-hybridized carbons (Fsp3) is 0.167. The van der Waals surface area contributed by atoms with Gasteiger partial charge in [0.05, 0.1) is 5.88 Å². The van der Waals surface area contributed by atoms with E-state index in [1.807, 2.05) is 0 Å². The zero-order valence-electron chi connectivity index (χ0n) is 9.49. The SMILES string of the molecule is FC(F)(F)Oc1ccc(-c2cnc(CCl)nc2)cc1. The maximum Gasteiger partial charge on any atom is 0.573 e. The minimum absolute atomic E-state index is 0.207. The minimum Gasteiger partial charge on any atom is -0.406 e. The fourth-order valence-electron chi connectivity index (χ4n) is 1.42. The standard InChI is InChI=1S/C12H8ClF3N2O/c13-5-11-17-6-9(7-18-11)8-1-3-10(4-2-8)19-12(14,15)16/h1-4,6-7H,5H2. The molecule has 0 spiro atoms. The van der Waals surface area contributed by atoms with Crippen molar-refractivity contribution < 1.29 is 17.9 Å². The van der Waals surface area contributed by atoms with Crippen LogP contribution in [0.4, 0.5) is 13.2 Å². The predicted molar refractivity (Wildman–Crippen MR) is 63.7 cm³/mol. The van der Waals surface area contributed by atoms with Gasteiger partial charge in [-0.2, -0.15) is 0 Å². The van der Waals surface area contributed by atoms with Crippen LogP contribution >= 0.6 is 11.6 Å². The third kappa shape index (κ3) is 3.82. The van der Waals surface area contributed by atoms with Gasteiger partial charge in [-0.25, -0.2) is 9.97 Å². The topological polar surface area (TPSA) is 35.0 Å². The van der Waals surface area contributed by atoms with Crippen molar-refractivity contribution in [3.05, 3.63) is 42.5 Å². The fourth-order valence-corrected chi connectivity index (χ4v) is 1.56. The molecule has 19 heavy (non-hydrogen) atoms. The summed E-state index contributed by atoms with van der Waals surface area (Å²) in [6.07, 6.45) is -1.57. The number of alkyl halides is 4. The Morgan fingerprint density at radius 1 is 1.00 bits per heavy atom. The van der Waals surface area contributed by atoms with Crippen LogP contribution in [0.15, 0.2) is 36.7 Å². The van der Waals surface area contributed by atoms with Gasteiger partial charge in [0, 0.05) is 18.0 Å². The number of ether oxygens (including phenoxy) is 1. The van der Waals surface area contributed by atoms with Crippen molar-refractivity contribution in [2.75, 3.05) is 0 Å². The van der Waals surface area contributed by atoms with E-state index in [4.69, 9.17) is 11.6 Å².